The normalized spacial score (nSPS) is 12.2. The molecule has 0 saturated carbocycles. The van der Waals surface area contributed by atoms with Crippen LogP contribution in [0.4, 0.5) is 10.8 Å². The van der Waals surface area contributed by atoms with Crippen molar-refractivity contribution in [2.24, 2.45) is 0 Å². The molecule has 2 heterocycles. The quantitative estimate of drug-likeness (QED) is 0.229. The molecule has 0 aliphatic heterocycles. The van der Waals surface area contributed by atoms with Crippen LogP contribution in [-0.4, -0.2) is 57.2 Å². The Morgan fingerprint density at radius 2 is 2.10 bits per heavy atom. The van der Waals surface area contributed by atoms with Gasteiger partial charge in [-0.05, 0) is 36.4 Å². The second kappa shape index (κ2) is 13.2. The van der Waals surface area contributed by atoms with E-state index in [0.29, 0.717) is 23.1 Å². The summed E-state index contributed by atoms with van der Waals surface area (Å²) in [6.07, 6.45) is 6.69. The minimum absolute atomic E-state index is 0.0615. The number of oxazole rings is 1. The number of thiazole rings is 1. The SMILES string of the molecule is C#CCNc1nc2ccc(C(=O)N(C=C)C[C@@H](O)[C@H](Cc3ccccc3)NC(=O)OCc3cncs3)cc2o1. The lowest BCUT2D eigenvalue weighted by Gasteiger charge is -2.28. The third-order valence-corrected chi connectivity index (χ3v) is 6.49. The largest absolute Gasteiger partial charge is 0.444 e. The van der Waals surface area contributed by atoms with Crippen molar-refractivity contribution in [3.05, 3.63) is 89.0 Å². The monoisotopic (exact) mass is 545 g/mol. The van der Waals surface area contributed by atoms with Crippen molar-refractivity contribution in [2.45, 2.75) is 25.2 Å². The first-order valence-electron chi connectivity index (χ1n) is 12.0. The smallest absolute Gasteiger partial charge is 0.407 e. The highest BCUT2D eigenvalue weighted by molar-refractivity contribution is 7.09. The number of hydrogen-bond acceptors (Lipinski definition) is 9. The van der Waals surface area contributed by atoms with Crippen LogP contribution in [0.15, 0.2) is 77.4 Å². The lowest BCUT2D eigenvalue weighted by atomic mass is 10.0. The molecular weight excluding hydrogens is 518 g/mol. The average Bonchev–Trinajstić information content (AvgIpc) is 3.62. The summed E-state index contributed by atoms with van der Waals surface area (Å²) in [7, 11) is 0. The van der Waals surface area contributed by atoms with Gasteiger partial charge in [0.25, 0.3) is 11.9 Å². The lowest BCUT2D eigenvalue weighted by Crippen LogP contribution is -2.49. The third kappa shape index (κ3) is 7.44. The molecule has 3 N–H and O–H groups in total. The first-order valence-corrected chi connectivity index (χ1v) is 12.9. The number of carbonyl (C=O) groups is 2. The number of alkyl carbamates (subject to hydrolysis) is 1. The van der Waals surface area contributed by atoms with Gasteiger partial charge < -0.3 is 29.8 Å². The van der Waals surface area contributed by atoms with Crippen LogP contribution in [0.3, 0.4) is 0 Å². The molecule has 200 valence electrons. The highest BCUT2D eigenvalue weighted by Crippen LogP contribution is 2.21. The predicted molar refractivity (Wildman–Crippen MR) is 148 cm³/mol. The predicted octanol–water partition coefficient (Wildman–Crippen LogP) is 3.81. The molecule has 4 rings (SSSR count). The van der Waals surface area contributed by atoms with Crippen molar-refractivity contribution < 1.29 is 23.8 Å². The van der Waals surface area contributed by atoms with Crippen LogP contribution < -0.4 is 10.6 Å². The number of carbonyl (C=O) groups excluding carboxylic acids is 2. The zero-order valence-electron chi connectivity index (χ0n) is 20.9. The van der Waals surface area contributed by atoms with E-state index in [-0.39, 0.29) is 25.7 Å². The van der Waals surface area contributed by atoms with Crippen LogP contribution in [-0.2, 0) is 17.8 Å². The van der Waals surface area contributed by atoms with E-state index in [1.807, 2.05) is 30.3 Å². The van der Waals surface area contributed by atoms with E-state index in [4.69, 9.17) is 15.6 Å². The van der Waals surface area contributed by atoms with Crippen LogP contribution in [0.2, 0.25) is 0 Å². The van der Waals surface area contributed by atoms with Crippen molar-refractivity contribution in [3.63, 3.8) is 0 Å². The molecular formula is C28H27N5O5S. The van der Waals surface area contributed by atoms with E-state index >= 15 is 0 Å². The highest BCUT2D eigenvalue weighted by Gasteiger charge is 2.27. The van der Waals surface area contributed by atoms with Gasteiger partial charge in [-0.15, -0.1) is 17.8 Å². The van der Waals surface area contributed by atoms with Crippen LogP contribution >= 0.6 is 11.3 Å². The average molecular weight is 546 g/mol. The summed E-state index contributed by atoms with van der Waals surface area (Å²) in [5, 5.41) is 16.7. The van der Waals surface area contributed by atoms with Crippen molar-refractivity contribution in [3.8, 4) is 12.3 Å². The summed E-state index contributed by atoms with van der Waals surface area (Å²) in [5.41, 5.74) is 3.81. The summed E-state index contributed by atoms with van der Waals surface area (Å²) < 4.78 is 10.9. The fourth-order valence-electron chi connectivity index (χ4n) is 3.79. The number of aliphatic hydroxyl groups is 1. The van der Waals surface area contributed by atoms with Crippen molar-refractivity contribution in [2.75, 3.05) is 18.4 Å². The number of anilines is 1. The molecule has 0 fully saturated rings. The Kier molecular flexibility index (Phi) is 9.29. The van der Waals surface area contributed by atoms with Gasteiger partial charge in [-0.3, -0.25) is 9.78 Å². The summed E-state index contributed by atoms with van der Waals surface area (Å²) in [5.74, 6) is 2.03. The zero-order valence-corrected chi connectivity index (χ0v) is 21.8. The number of aromatic nitrogens is 2. The number of terminal acetylenes is 1. The molecule has 0 saturated heterocycles. The number of benzene rings is 2. The minimum atomic E-state index is -1.14. The van der Waals surface area contributed by atoms with E-state index in [1.54, 1.807) is 29.9 Å². The summed E-state index contributed by atoms with van der Waals surface area (Å²) in [6, 6.07) is 13.7. The maximum absolute atomic E-state index is 13.3. The van der Waals surface area contributed by atoms with Crippen molar-refractivity contribution >= 4 is 40.5 Å². The van der Waals surface area contributed by atoms with E-state index in [2.05, 4.69) is 33.1 Å². The van der Waals surface area contributed by atoms with Gasteiger partial charge in [0.05, 0.1) is 35.6 Å². The topological polar surface area (TPSA) is 130 Å². The molecule has 0 unspecified atom stereocenters. The van der Waals surface area contributed by atoms with Gasteiger partial charge >= 0.3 is 6.09 Å². The molecule has 11 heteroatoms. The van der Waals surface area contributed by atoms with E-state index in [1.165, 1.54) is 22.4 Å². The van der Waals surface area contributed by atoms with Crippen molar-refractivity contribution in [1.82, 2.24) is 20.2 Å². The fraction of sp³-hybridized carbons (Fsp3) is 0.214. The Hall–Kier alpha value is -4.66. The van der Waals surface area contributed by atoms with Crippen LogP contribution in [0.25, 0.3) is 11.1 Å². The number of aliphatic hydroxyl groups excluding tert-OH is 1. The number of hydrogen-bond donors (Lipinski definition) is 3. The third-order valence-electron chi connectivity index (χ3n) is 5.74. The summed E-state index contributed by atoms with van der Waals surface area (Å²) >= 11 is 1.37. The second-order valence-electron chi connectivity index (χ2n) is 8.45. The van der Waals surface area contributed by atoms with Crippen LogP contribution in [0, 0.1) is 12.3 Å². The first kappa shape index (κ1) is 27.4. The molecule has 4 aromatic rings. The Morgan fingerprint density at radius 3 is 2.82 bits per heavy atom. The molecule has 0 aliphatic carbocycles. The summed E-state index contributed by atoms with van der Waals surface area (Å²) in [6.45, 7) is 3.92. The van der Waals surface area contributed by atoms with E-state index in [0.717, 1.165) is 10.4 Å². The zero-order chi connectivity index (χ0) is 27.6. The Labute approximate surface area is 229 Å². The maximum atomic E-state index is 13.3. The molecule has 2 amide bonds. The van der Waals surface area contributed by atoms with Gasteiger partial charge in [-0.2, -0.15) is 4.98 Å². The molecule has 2 aromatic carbocycles. The Morgan fingerprint density at radius 1 is 1.28 bits per heavy atom. The van der Waals surface area contributed by atoms with Crippen LogP contribution in [0.1, 0.15) is 20.8 Å². The summed E-state index contributed by atoms with van der Waals surface area (Å²) in [4.78, 5) is 36.1. The van der Waals surface area contributed by atoms with Crippen LogP contribution in [0.5, 0.6) is 0 Å². The molecule has 39 heavy (non-hydrogen) atoms. The Bertz CT molecular complexity index is 1450. The van der Waals surface area contributed by atoms with Gasteiger partial charge in [0.1, 0.15) is 12.1 Å². The van der Waals surface area contributed by atoms with E-state index < -0.39 is 24.1 Å². The molecule has 0 spiro atoms. The number of fused-ring (bicyclic) bond motifs is 1. The molecule has 10 nitrogen and oxygen atoms in total. The van der Waals surface area contributed by atoms with E-state index in [9.17, 15) is 14.7 Å². The lowest BCUT2D eigenvalue weighted by molar-refractivity contribution is 0.0627. The molecule has 2 aromatic heterocycles. The first-order chi connectivity index (χ1) is 19.0. The minimum Gasteiger partial charge on any atom is -0.444 e. The standard InChI is InChI=1S/C28H27N5O5S/c1-3-12-30-27-31-22-11-10-20(14-25(22)38-27)26(35)33(4-2)16-24(34)23(13-19-8-6-5-7-9-19)32-28(36)37-17-21-15-29-18-39-21/h1,4-11,14-15,18,23-24,34H,2,12-13,16-17H2,(H,30,31)(H,32,36)/t23-,24+/m0/s1. The molecule has 0 bridgehead atoms. The van der Waals surface area contributed by atoms with Crippen molar-refractivity contribution in [1.29, 1.82) is 0 Å². The number of nitrogens with one attached hydrogen (secondary N) is 2. The number of nitrogens with zero attached hydrogens (tertiary/aromatic N) is 3. The van der Waals surface area contributed by atoms with Gasteiger partial charge in [0, 0.05) is 11.8 Å². The molecule has 0 aliphatic rings. The number of amides is 2. The van der Waals surface area contributed by atoms with Gasteiger partial charge in [-0.25, -0.2) is 4.79 Å². The molecule has 0 radical (unpaired) electrons. The van der Waals surface area contributed by atoms with Gasteiger partial charge in [-0.1, -0.05) is 42.8 Å². The van der Waals surface area contributed by atoms with Gasteiger partial charge in [0.15, 0.2) is 5.58 Å². The maximum Gasteiger partial charge on any atom is 0.407 e. The Balaban J connectivity index is 1.46. The highest BCUT2D eigenvalue weighted by atomic mass is 32.1. The number of ether oxygens (including phenoxy) is 1. The van der Waals surface area contributed by atoms with Gasteiger partial charge in [0.2, 0.25) is 0 Å². The fourth-order valence-corrected chi connectivity index (χ4v) is 4.30. The number of rotatable bonds is 12. The molecule has 2 atom stereocenters. The second-order valence-corrected chi connectivity index (χ2v) is 9.42.